The molecular formula is C9H22N2O. The maximum atomic E-state index is 5.43. The van der Waals surface area contributed by atoms with E-state index in [1.54, 1.807) is 0 Å². The van der Waals surface area contributed by atoms with Gasteiger partial charge in [-0.15, -0.1) is 0 Å². The second-order valence-corrected chi connectivity index (χ2v) is 3.06. The Bertz CT molecular complexity index is 88.6. The predicted molar refractivity (Wildman–Crippen MR) is 52.2 cm³/mol. The van der Waals surface area contributed by atoms with Gasteiger partial charge in [0.25, 0.3) is 0 Å². The van der Waals surface area contributed by atoms with E-state index in [0.29, 0.717) is 12.6 Å². The van der Waals surface area contributed by atoms with Crippen LogP contribution in [0.1, 0.15) is 26.7 Å². The highest BCUT2D eigenvalue weighted by atomic mass is 16.5. The molecule has 0 saturated carbocycles. The maximum Gasteiger partial charge on any atom is 0.0591 e. The van der Waals surface area contributed by atoms with E-state index in [1.165, 1.54) is 6.42 Å². The minimum Gasteiger partial charge on any atom is -0.380 e. The van der Waals surface area contributed by atoms with Crippen LogP contribution in [-0.2, 0) is 4.74 Å². The number of nitrogens with two attached hydrogens (primary N) is 1. The molecule has 3 nitrogen and oxygen atoms in total. The van der Waals surface area contributed by atoms with Gasteiger partial charge in [-0.05, 0) is 13.3 Å². The molecule has 1 atom stereocenters. The lowest BCUT2D eigenvalue weighted by Gasteiger charge is -2.10. The van der Waals surface area contributed by atoms with Crippen molar-refractivity contribution in [2.75, 3.05) is 26.3 Å². The maximum absolute atomic E-state index is 5.43. The fourth-order valence-electron chi connectivity index (χ4n) is 0.809. The summed E-state index contributed by atoms with van der Waals surface area (Å²) in [6, 6.07) is 0.403. The second-order valence-electron chi connectivity index (χ2n) is 3.06. The Labute approximate surface area is 75.7 Å². The summed E-state index contributed by atoms with van der Waals surface area (Å²) in [4.78, 5) is 0. The first-order valence-corrected chi connectivity index (χ1v) is 4.82. The Hall–Kier alpha value is -0.120. The lowest BCUT2D eigenvalue weighted by molar-refractivity contribution is 0.131. The molecule has 0 aromatic heterocycles. The van der Waals surface area contributed by atoms with Gasteiger partial charge in [-0.25, -0.2) is 0 Å². The van der Waals surface area contributed by atoms with Crippen LogP contribution >= 0.6 is 0 Å². The zero-order valence-corrected chi connectivity index (χ0v) is 8.31. The third kappa shape index (κ3) is 7.98. The lowest BCUT2D eigenvalue weighted by atomic mass is 10.3. The normalized spacial score (nSPS) is 13.2. The molecule has 0 aliphatic carbocycles. The molecule has 0 aromatic carbocycles. The van der Waals surface area contributed by atoms with Crippen LogP contribution in [0.2, 0.25) is 0 Å². The topological polar surface area (TPSA) is 47.3 Å². The van der Waals surface area contributed by atoms with Gasteiger partial charge in [0.2, 0.25) is 0 Å². The van der Waals surface area contributed by atoms with Crippen LogP contribution in [-0.4, -0.2) is 32.3 Å². The van der Waals surface area contributed by atoms with E-state index in [-0.39, 0.29) is 0 Å². The van der Waals surface area contributed by atoms with Crippen LogP contribution in [0.5, 0.6) is 0 Å². The van der Waals surface area contributed by atoms with Crippen LogP contribution in [0.4, 0.5) is 0 Å². The summed E-state index contributed by atoms with van der Waals surface area (Å²) in [6.45, 7) is 7.51. The summed E-state index contributed by atoms with van der Waals surface area (Å²) in [7, 11) is 0. The standard InChI is InChI=1S/C9H22N2O/c1-3-4-6-12-7-5-11-9(2)8-10/h9,11H,3-8,10H2,1-2H3. The summed E-state index contributed by atoms with van der Waals surface area (Å²) in [5.74, 6) is 0. The Kier molecular flexibility index (Phi) is 8.88. The number of hydrogen-bond acceptors (Lipinski definition) is 3. The van der Waals surface area contributed by atoms with Crippen molar-refractivity contribution in [2.24, 2.45) is 5.73 Å². The molecule has 0 fully saturated rings. The van der Waals surface area contributed by atoms with Gasteiger partial charge in [-0.1, -0.05) is 13.3 Å². The third-order valence-corrected chi connectivity index (χ3v) is 1.73. The molecule has 0 heterocycles. The highest BCUT2D eigenvalue weighted by Gasteiger charge is 1.95. The highest BCUT2D eigenvalue weighted by Crippen LogP contribution is 1.86. The fraction of sp³-hybridized carbons (Fsp3) is 1.00. The molecule has 12 heavy (non-hydrogen) atoms. The monoisotopic (exact) mass is 174 g/mol. The van der Waals surface area contributed by atoms with E-state index in [0.717, 1.165) is 26.2 Å². The largest absolute Gasteiger partial charge is 0.380 e. The van der Waals surface area contributed by atoms with Gasteiger partial charge in [0.15, 0.2) is 0 Å². The minimum atomic E-state index is 0.403. The number of unbranched alkanes of at least 4 members (excludes halogenated alkanes) is 1. The molecule has 0 spiro atoms. The molecular weight excluding hydrogens is 152 g/mol. The van der Waals surface area contributed by atoms with Crippen LogP contribution in [0.25, 0.3) is 0 Å². The molecule has 0 saturated heterocycles. The highest BCUT2D eigenvalue weighted by molar-refractivity contribution is 4.59. The zero-order valence-electron chi connectivity index (χ0n) is 8.31. The first-order valence-electron chi connectivity index (χ1n) is 4.82. The molecule has 0 aliphatic rings. The number of nitrogens with one attached hydrogen (secondary N) is 1. The first-order chi connectivity index (χ1) is 5.81. The summed E-state index contributed by atoms with van der Waals surface area (Å²) < 4.78 is 5.37. The molecule has 0 aliphatic heterocycles. The SMILES string of the molecule is CCCCOCCNC(C)CN. The molecule has 0 radical (unpaired) electrons. The van der Waals surface area contributed by atoms with Gasteiger partial charge in [-0.3, -0.25) is 0 Å². The number of rotatable bonds is 8. The minimum absolute atomic E-state index is 0.403. The molecule has 74 valence electrons. The van der Waals surface area contributed by atoms with Gasteiger partial charge in [0, 0.05) is 25.7 Å². The summed E-state index contributed by atoms with van der Waals surface area (Å²) >= 11 is 0. The molecule has 3 heteroatoms. The summed E-state index contributed by atoms with van der Waals surface area (Å²) in [6.07, 6.45) is 2.36. The summed E-state index contributed by atoms with van der Waals surface area (Å²) in [5, 5.41) is 3.26. The van der Waals surface area contributed by atoms with E-state index < -0.39 is 0 Å². The third-order valence-electron chi connectivity index (χ3n) is 1.73. The Morgan fingerprint density at radius 2 is 2.17 bits per heavy atom. The number of hydrogen-bond donors (Lipinski definition) is 2. The molecule has 0 bridgehead atoms. The second kappa shape index (κ2) is 8.97. The van der Waals surface area contributed by atoms with Crippen LogP contribution in [0.15, 0.2) is 0 Å². The average molecular weight is 174 g/mol. The van der Waals surface area contributed by atoms with Crippen molar-refractivity contribution in [3.63, 3.8) is 0 Å². The van der Waals surface area contributed by atoms with Gasteiger partial charge < -0.3 is 15.8 Å². The van der Waals surface area contributed by atoms with Gasteiger partial charge in [-0.2, -0.15) is 0 Å². The van der Waals surface area contributed by atoms with E-state index in [2.05, 4.69) is 19.2 Å². The van der Waals surface area contributed by atoms with E-state index >= 15 is 0 Å². The average Bonchev–Trinajstić information content (AvgIpc) is 2.10. The quantitative estimate of drug-likeness (QED) is 0.534. The van der Waals surface area contributed by atoms with Crippen molar-refractivity contribution < 1.29 is 4.74 Å². The van der Waals surface area contributed by atoms with Crippen molar-refractivity contribution >= 4 is 0 Å². The molecule has 0 amide bonds. The van der Waals surface area contributed by atoms with Crippen LogP contribution < -0.4 is 11.1 Å². The smallest absolute Gasteiger partial charge is 0.0591 e. The van der Waals surface area contributed by atoms with Gasteiger partial charge in [0.05, 0.1) is 6.61 Å². The Balaban J connectivity index is 2.90. The predicted octanol–water partition coefficient (Wildman–Crippen LogP) is 0.740. The van der Waals surface area contributed by atoms with Crippen molar-refractivity contribution in [3.8, 4) is 0 Å². The van der Waals surface area contributed by atoms with Crippen molar-refractivity contribution in [2.45, 2.75) is 32.7 Å². The van der Waals surface area contributed by atoms with Gasteiger partial charge >= 0.3 is 0 Å². The van der Waals surface area contributed by atoms with Crippen molar-refractivity contribution in [1.29, 1.82) is 0 Å². The number of ether oxygens (including phenoxy) is 1. The van der Waals surface area contributed by atoms with Crippen molar-refractivity contribution in [3.05, 3.63) is 0 Å². The Morgan fingerprint density at radius 3 is 2.75 bits per heavy atom. The fourth-order valence-corrected chi connectivity index (χ4v) is 0.809. The van der Waals surface area contributed by atoms with Gasteiger partial charge in [0.1, 0.15) is 0 Å². The molecule has 3 N–H and O–H groups in total. The molecule has 0 aromatic rings. The van der Waals surface area contributed by atoms with Crippen molar-refractivity contribution in [1.82, 2.24) is 5.32 Å². The van der Waals surface area contributed by atoms with Crippen LogP contribution in [0, 0.1) is 0 Å². The van der Waals surface area contributed by atoms with E-state index in [1.807, 2.05) is 0 Å². The lowest BCUT2D eigenvalue weighted by Crippen LogP contribution is -2.35. The van der Waals surface area contributed by atoms with E-state index in [4.69, 9.17) is 10.5 Å². The Morgan fingerprint density at radius 1 is 1.42 bits per heavy atom. The first kappa shape index (κ1) is 11.9. The van der Waals surface area contributed by atoms with E-state index in [9.17, 15) is 0 Å². The van der Waals surface area contributed by atoms with Crippen LogP contribution in [0.3, 0.4) is 0 Å². The summed E-state index contributed by atoms with van der Waals surface area (Å²) in [5.41, 5.74) is 5.43. The molecule has 1 unspecified atom stereocenters. The molecule has 0 rings (SSSR count). The zero-order chi connectivity index (χ0) is 9.23.